The number of nitrogens with two attached hydrogens (primary N) is 1. The molecule has 13 heteroatoms. The number of halogens is 2. The number of aromatic nitrogens is 2. The van der Waals surface area contributed by atoms with Gasteiger partial charge in [0.1, 0.15) is 11.5 Å². The minimum atomic E-state index is -3.87. The second-order valence-corrected chi connectivity index (χ2v) is 11.9. The van der Waals surface area contributed by atoms with Gasteiger partial charge in [-0.1, -0.05) is 12.1 Å². The smallest absolute Gasteiger partial charge is 0.238 e. The van der Waals surface area contributed by atoms with E-state index in [1.54, 1.807) is 30.5 Å². The molecule has 0 amide bonds. The van der Waals surface area contributed by atoms with Crippen molar-refractivity contribution in [2.24, 2.45) is 5.14 Å². The van der Waals surface area contributed by atoms with E-state index in [9.17, 15) is 30.4 Å². The number of H-pyrrole nitrogens is 1. The van der Waals surface area contributed by atoms with Crippen molar-refractivity contribution >= 4 is 53.5 Å². The Morgan fingerprint density at radius 3 is 2.29 bits per heavy atom. The van der Waals surface area contributed by atoms with E-state index >= 15 is 0 Å². The molecule has 5 rings (SSSR count). The van der Waals surface area contributed by atoms with Crippen LogP contribution in [0.3, 0.4) is 0 Å². The molecule has 0 unspecified atom stereocenters. The predicted molar refractivity (Wildman–Crippen MR) is 139 cm³/mol. The maximum atomic E-state index is 15.0. The van der Waals surface area contributed by atoms with Gasteiger partial charge in [0, 0.05) is 33.6 Å². The lowest BCUT2D eigenvalue weighted by Crippen LogP contribution is -2.14. The summed E-state index contributed by atoms with van der Waals surface area (Å²) >= 11 is 0. The van der Waals surface area contributed by atoms with Crippen LogP contribution in [0.15, 0.2) is 71.8 Å². The van der Waals surface area contributed by atoms with Gasteiger partial charge in [-0.2, -0.15) is 0 Å². The Morgan fingerprint density at radius 1 is 0.921 bits per heavy atom. The third-order valence-corrected chi connectivity index (χ3v) is 7.36. The Hall–Kier alpha value is -4.20. The van der Waals surface area contributed by atoms with Gasteiger partial charge >= 0.3 is 0 Å². The molecule has 194 valence electrons. The van der Waals surface area contributed by atoms with Crippen molar-refractivity contribution in [2.45, 2.75) is 4.90 Å². The van der Waals surface area contributed by atoms with E-state index in [1.807, 2.05) is 4.72 Å². The van der Waals surface area contributed by atoms with Crippen LogP contribution in [0.4, 0.5) is 14.5 Å². The molecule has 9 nitrogen and oxygen atoms in total. The van der Waals surface area contributed by atoms with Gasteiger partial charge in [0.2, 0.25) is 20.0 Å². The predicted octanol–water partition coefficient (Wildman–Crippen LogP) is 3.91. The molecule has 0 radical (unpaired) electrons. The van der Waals surface area contributed by atoms with Gasteiger partial charge in [-0.15, -0.1) is 0 Å². The van der Waals surface area contributed by atoms with Crippen molar-refractivity contribution in [2.75, 3.05) is 11.0 Å². The van der Waals surface area contributed by atoms with Crippen molar-refractivity contribution in [3.63, 3.8) is 0 Å². The summed E-state index contributed by atoms with van der Waals surface area (Å²) < 4.78 is 77.6. The molecule has 3 aromatic carbocycles. The average Bonchev–Trinajstić information content (AvgIpc) is 3.22. The Labute approximate surface area is 215 Å². The fourth-order valence-electron chi connectivity index (χ4n) is 4.09. The number of pyridine rings is 1. The second kappa shape index (κ2) is 8.97. The number of primary sulfonamides is 1. The fourth-order valence-corrected chi connectivity index (χ4v) is 5.17. The van der Waals surface area contributed by atoms with Crippen molar-refractivity contribution in [3.8, 4) is 11.1 Å². The summed E-state index contributed by atoms with van der Waals surface area (Å²) in [5, 5.41) is 6.31. The van der Waals surface area contributed by atoms with Crippen LogP contribution in [0.5, 0.6) is 0 Å². The zero-order chi connectivity index (χ0) is 27.4. The SMILES string of the molecule is CS(=O)(=O)Nc1ccc(F)c(C(=O)c2ccc3[nH]c4ncc(-c5ccc(S(N)(=O)=O)cc5)cc4c3c2)c1F. The molecule has 0 saturated carbocycles. The van der Waals surface area contributed by atoms with Gasteiger partial charge in [0.25, 0.3) is 0 Å². The van der Waals surface area contributed by atoms with E-state index in [0.717, 1.165) is 18.4 Å². The minimum Gasteiger partial charge on any atom is -0.339 e. The van der Waals surface area contributed by atoms with Crippen molar-refractivity contribution in [1.29, 1.82) is 0 Å². The summed E-state index contributed by atoms with van der Waals surface area (Å²) in [7, 11) is -7.72. The summed E-state index contributed by atoms with van der Waals surface area (Å²) in [6.45, 7) is 0. The van der Waals surface area contributed by atoms with Gasteiger partial charge in [-0.3, -0.25) is 9.52 Å². The molecule has 0 bridgehead atoms. The van der Waals surface area contributed by atoms with Crippen LogP contribution in [-0.4, -0.2) is 38.8 Å². The van der Waals surface area contributed by atoms with E-state index in [1.165, 1.54) is 24.3 Å². The molecule has 0 saturated heterocycles. The zero-order valence-corrected chi connectivity index (χ0v) is 21.1. The first-order valence-electron chi connectivity index (χ1n) is 10.9. The molecule has 5 aromatic rings. The number of carbonyl (C=O) groups excluding carboxylic acids is 1. The number of ketones is 1. The summed E-state index contributed by atoms with van der Waals surface area (Å²) in [6, 6.07) is 13.8. The second-order valence-electron chi connectivity index (χ2n) is 8.56. The van der Waals surface area contributed by atoms with Crippen molar-refractivity contribution in [3.05, 3.63) is 89.6 Å². The van der Waals surface area contributed by atoms with Gasteiger partial charge in [-0.25, -0.2) is 35.7 Å². The highest BCUT2D eigenvalue weighted by molar-refractivity contribution is 7.92. The van der Waals surface area contributed by atoms with E-state index in [4.69, 9.17) is 5.14 Å². The largest absolute Gasteiger partial charge is 0.339 e. The van der Waals surface area contributed by atoms with Crippen molar-refractivity contribution in [1.82, 2.24) is 9.97 Å². The lowest BCUT2D eigenvalue weighted by atomic mass is 9.99. The first kappa shape index (κ1) is 25.4. The topological polar surface area (TPSA) is 152 Å². The number of anilines is 1. The highest BCUT2D eigenvalue weighted by Gasteiger charge is 2.24. The summed E-state index contributed by atoms with van der Waals surface area (Å²) in [4.78, 5) is 20.6. The molecule has 4 N–H and O–H groups in total. The lowest BCUT2D eigenvalue weighted by molar-refractivity contribution is 0.103. The van der Waals surface area contributed by atoms with Crippen LogP contribution in [0.2, 0.25) is 0 Å². The fraction of sp³-hybridized carbons (Fsp3) is 0.0400. The molecule has 0 aliphatic carbocycles. The highest BCUT2D eigenvalue weighted by Crippen LogP contribution is 2.31. The number of hydrogen-bond donors (Lipinski definition) is 3. The van der Waals surface area contributed by atoms with Gasteiger partial charge < -0.3 is 4.98 Å². The molecule has 38 heavy (non-hydrogen) atoms. The van der Waals surface area contributed by atoms with E-state index < -0.39 is 48.7 Å². The Balaban J connectivity index is 1.59. The first-order valence-corrected chi connectivity index (χ1v) is 14.3. The van der Waals surface area contributed by atoms with Gasteiger partial charge in [0.15, 0.2) is 11.6 Å². The number of nitrogens with zero attached hydrogens (tertiary/aromatic N) is 1. The van der Waals surface area contributed by atoms with Crippen LogP contribution in [0, 0.1) is 11.6 Å². The molecule has 0 fully saturated rings. The quantitative estimate of drug-likeness (QED) is 0.270. The third-order valence-electron chi connectivity index (χ3n) is 5.84. The first-order chi connectivity index (χ1) is 17.8. The number of nitrogens with one attached hydrogen (secondary N) is 2. The monoisotopic (exact) mass is 556 g/mol. The molecule has 0 spiro atoms. The molecule has 2 heterocycles. The van der Waals surface area contributed by atoms with Crippen LogP contribution in [0.25, 0.3) is 33.1 Å². The van der Waals surface area contributed by atoms with Crippen LogP contribution in [-0.2, 0) is 20.0 Å². The summed E-state index contributed by atoms with van der Waals surface area (Å²) in [6.07, 6.45) is 2.39. The Morgan fingerprint density at radius 2 is 1.63 bits per heavy atom. The number of fused-ring (bicyclic) bond motifs is 3. The van der Waals surface area contributed by atoms with E-state index in [2.05, 4.69) is 9.97 Å². The number of rotatable bonds is 6. The molecule has 0 aliphatic rings. The maximum absolute atomic E-state index is 15.0. The normalized spacial score (nSPS) is 12.2. The minimum absolute atomic E-state index is 0.0318. The number of sulfonamides is 2. The van der Waals surface area contributed by atoms with Crippen LogP contribution >= 0.6 is 0 Å². The summed E-state index contributed by atoms with van der Waals surface area (Å²) in [5.41, 5.74) is 0.931. The number of benzene rings is 3. The third kappa shape index (κ3) is 4.74. The number of carbonyl (C=O) groups is 1. The summed E-state index contributed by atoms with van der Waals surface area (Å²) in [5.74, 6) is -3.44. The highest BCUT2D eigenvalue weighted by atomic mass is 32.2. The average molecular weight is 557 g/mol. The van der Waals surface area contributed by atoms with Crippen molar-refractivity contribution < 1.29 is 30.4 Å². The zero-order valence-electron chi connectivity index (χ0n) is 19.5. The van der Waals surface area contributed by atoms with E-state index in [0.29, 0.717) is 33.1 Å². The molecule has 0 aliphatic heterocycles. The molecule has 2 aromatic heterocycles. The molecular formula is C25H18F2N4O5S2. The van der Waals surface area contributed by atoms with Crippen LogP contribution < -0.4 is 9.86 Å². The molecule has 0 atom stereocenters. The molecular weight excluding hydrogens is 538 g/mol. The van der Waals surface area contributed by atoms with E-state index in [-0.39, 0.29) is 10.5 Å². The number of aromatic amines is 1. The Bertz CT molecular complexity index is 1990. The maximum Gasteiger partial charge on any atom is 0.238 e. The van der Waals surface area contributed by atoms with Crippen LogP contribution in [0.1, 0.15) is 15.9 Å². The standard InChI is InChI=1S/C25H18F2N4O5S2/c1-37(33,34)31-21-9-7-19(26)22(23(21)27)24(32)14-4-8-20-17(10-14)18-11-15(12-29-25(18)30-20)13-2-5-16(6-3-13)38(28,35)36/h2-12,31H,1H3,(H,29,30)(H2,28,35,36). The van der Waals surface area contributed by atoms with Gasteiger partial charge in [0.05, 0.1) is 22.4 Å². The van der Waals surface area contributed by atoms with Gasteiger partial charge in [-0.05, 0) is 54.1 Å². The number of hydrogen-bond acceptors (Lipinski definition) is 6. The lowest BCUT2D eigenvalue weighted by Gasteiger charge is -2.10. The Kier molecular flexibility index (Phi) is 6.01.